The lowest BCUT2D eigenvalue weighted by Crippen LogP contribution is -1.81. The molecule has 0 amide bonds. The van der Waals surface area contributed by atoms with Crippen LogP contribution >= 0.6 is 19.0 Å². The molecule has 5 heavy (non-hydrogen) atoms. The van der Waals surface area contributed by atoms with Gasteiger partial charge in [0.05, 0.1) is 0 Å². The lowest BCUT2D eigenvalue weighted by Gasteiger charge is -1.67. The van der Waals surface area contributed by atoms with Crippen LogP contribution in [0.5, 0.6) is 0 Å². The summed E-state index contributed by atoms with van der Waals surface area (Å²) in [6, 6.07) is 0. The van der Waals surface area contributed by atoms with Crippen molar-refractivity contribution >= 4 is 19.0 Å². The first-order chi connectivity index (χ1) is 2.27. The molecule has 0 fully saturated rings. The average molecular weight is 111 g/mol. The second-order valence-corrected chi connectivity index (χ2v) is 2.33. The van der Waals surface area contributed by atoms with Gasteiger partial charge in [-0.05, 0) is 0 Å². The summed E-state index contributed by atoms with van der Waals surface area (Å²) in [5, 5.41) is 0. The summed E-state index contributed by atoms with van der Waals surface area (Å²) in [5.41, 5.74) is 0. The molecule has 1 nitrogen and oxygen atoms in total. The summed E-state index contributed by atoms with van der Waals surface area (Å²) >= 11 is 5.23. The number of hydrogen-bond donors (Lipinski definition) is 0. The van der Waals surface area contributed by atoms with Gasteiger partial charge in [0, 0.05) is 11.2 Å². The van der Waals surface area contributed by atoms with Crippen LogP contribution in [0, 0.1) is 0 Å². The van der Waals surface area contributed by atoms with Gasteiger partial charge in [-0.25, -0.2) is 4.33 Å². The lowest BCUT2D eigenvalue weighted by atomic mass is 11.3. The molecule has 0 aliphatic rings. The molecule has 0 atom stereocenters. The van der Waals surface area contributed by atoms with Crippen molar-refractivity contribution in [1.82, 2.24) is 0 Å². The maximum atomic E-state index is 5.23. The van der Waals surface area contributed by atoms with E-state index in [1.165, 1.54) is 0 Å². The SMILES string of the molecule is C[N+](C)=PCl. The molecular weight excluding hydrogens is 104 g/mol. The Labute approximate surface area is 38.2 Å². The summed E-state index contributed by atoms with van der Waals surface area (Å²) in [6.07, 6.45) is 0. The zero-order valence-electron chi connectivity index (χ0n) is 3.27. The summed E-state index contributed by atoms with van der Waals surface area (Å²) < 4.78 is 1.86. The number of hydrogen-bond acceptors (Lipinski definition) is 0. The van der Waals surface area contributed by atoms with Crippen molar-refractivity contribution in [3.8, 4) is 0 Å². The highest BCUT2D eigenvalue weighted by Crippen LogP contribution is 1.99. The van der Waals surface area contributed by atoms with E-state index in [0.29, 0.717) is 0 Å². The maximum absolute atomic E-state index is 5.23. The molecule has 0 heterocycles. The van der Waals surface area contributed by atoms with E-state index in [1.807, 2.05) is 18.4 Å². The topological polar surface area (TPSA) is 3.01 Å². The molecule has 0 saturated heterocycles. The fourth-order valence-corrected chi connectivity index (χ4v) is 0. The van der Waals surface area contributed by atoms with Crippen molar-refractivity contribution < 1.29 is 4.33 Å². The van der Waals surface area contributed by atoms with Crippen molar-refractivity contribution in [3.63, 3.8) is 0 Å². The molecular formula is C2H6ClNP+. The van der Waals surface area contributed by atoms with Gasteiger partial charge in [-0.2, -0.15) is 0 Å². The van der Waals surface area contributed by atoms with Gasteiger partial charge in [0.25, 0.3) is 0 Å². The predicted octanol–water partition coefficient (Wildman–Crippen LogP) is 1.54. The van der Waals surface area contributed by atoms with Crippen LogP contribution < -0.4 is 0 Å². The van der Waals surface area contributed by atoms with Crippen LogP contribution in [0.15, 0.2) is 0 Å². The second kappa shape index (κ2) is 2.62. The molecule has 0 bridgehead atoms. The van der Waals surface area contributed by atoms with Gasteiger partial charge in [0.2, 0.25) is 0 Å². The molecule has 0 aromatic rings. The second-order valence-electron chi connectivity index (χ2n) is 0.923. The van der Waals surface area contributed by atoms with E-state index in [2.05, 4.69) is 0 Å². The predicted molar refractivity (Wildman–Crippen MR) is 24.9 cm³/mol. The van der Waals surface area contributed by atoms with Gasteiger partial charge in [0.15, 0.2) is 0 Å². The van der Waals surface area contributed by atoms with Gasteiger partial charge >= 0.3 is 7.73 Å². The molecule has 0 spiro atoms. The molecule has 0 radical (unpaired) electrons. The van der Waals surface area contributed by atoms with E-state index in [9.17, 15) is 0 Å². The lowest BCUT2D eigenvalue weighted by molar-refractivity contribution is -0.436. The highest BCUT2D eigenvalue weighted by Gasteiger charge is 1.70. The van der Waals surface area contributed by atoms with Crippen LogP contribution in [0.4, 0.5) is 0 Å². The normalized spacial score (nSPS) is 8.60. The molecule has 3 heteroatoms. The van der Waals surface area contributed by atoms with E-state index in [-0.39, 0.29) is 0 Å². The molecule has 0 saturated carbocycles. The van der Waals surface area contributed by atoms with Crippen molar-refractivity contribution in [3.05, 3.63) is 0 Å². The first kappa shape index (κ1) is 5.39. The molecule has 0 N–H and O–H groups in total. The van der Waals surface area contributed by atoms with Crippen molar-refractivity contribution in [2.45, 2.75) is 0 Å². The minimum Gasteiger partial charge on any atom is -0.212 e. The minimum atomic E-state index is 0.802. The van der Waals surface area contributed by atoms with Crippen molar-refractivity contribution in [2.75, 3.05) is 14.1 Å². The molecule has 0 aromatic heterocycles. The Morgan fingerprint density at radius 2 is 1.80 bits per heavy atom. The number of halogens is 1. The van der Waals surface area contributed by atoms with Gasteiger partial charge in [0.1, 0.15) is 14.1 Å². The van der Waals surface area contributed by atoms with Crippen molar-refractivity contribution in [2.24, 2.45) is 0 Å². The highest BCUT2D eigenvalue weighted by molar-refractivity contribution is 7.57. The van der Waals surface area contributed by atoms with Gasteiger partial charge in [-0.1, -0.05) is 0 Å². The maximum Gasteiger partial charge on any atom is 0.325 e. The fourth-order valence-electron chi connectivity index (χ4n) is 0. The van der Waals surface area contributed by atoms with Gasteiger partial charge in [-0.3, -0.25) is 0 Å². The Morgan fingerprint density at radius 1 is 1.60 bits per heavy atom. The Bertz CT molecular complexity index is 47.6. The van der Waals surface area contributed by atoms with Crippen LogP contribution in [0.2, 0.25) is 0 Å². The summed E-state index contributed by atoms with van der Waals surface area (Å²) in [5.74, 6) is 0. The minimum absolute atomic E-state index is 0.802. The molecule has 0 rings (SSSR count). The van der Waals surface area contributed by atoms with Crippen molar-refractivity contribution in [1.29, 1.82) is 0 Å². The summed E-state index contributed by atoms with van der Waals surface area (Å²) in [7, 11) is 4.62. The zero-order chi connectivity index (χ0) is 4.28. The van der Waals surface area contributed by atoms with E-state index in [4.69, 9.17) is 11.2 Å². The highest BCUT2D eigenvalue weighted by atomic mass is 35.7. The standard InChI is InChI=1S/C2H6ClNP/c1-4(2)5-3/h1-2H3/q+1. The fraction of sp³-hybridized carbons (Fsp3) is 1.00. The van der Waals surface area contributed by atoms with Crippen LogP contribution in [0.25, 0.3) is 0 Å². The summed E-state index contributed by atoms with van der Waals surface area (Å²) in [4.78, 5) is 0. The van der Waals surface area contributed by atoms with Crippen LogP contribution in [-0.2, 0) is 0 Å². The quantitative estimate of drug-likeness (QED) is 0.416. The van der Waals surface area contributed by atoms with E-state index < -0.39 is 0 Å². The Morgan fingerprint density at radius 3 is 1.80 bits per heavy atom. The van der Waals surface area contributed by atoms with Gasteiger partial charge < -0.3 is 0 Å². The Kier molecular flexibility index (Phi) is 2.82. The van der Waals surface area contributed by atoms with Crippen LogP contribution in [0.3, 0.4) is 0 Å². The first-order valence-corrected chi connectivity index (χ1v) is 3.02. The van der Waals surface area contributed by atoms with E-state index >= 15 is 0 Å². The summed E-state index contributed by atoms with van der Waals surface area (Å²) in [6.45, 7) is 0. The zero-order valence-corrected chi connectivity index (χ0v) is 4.92. The van der Waals surface area contributed by atoms with E-state index in [0.717, 1.165) is 7.73 Å². The monoisotopic (exact) mass is 110 g/mol. The van der Waals surface area contributed by atoms with Crippen LogP contribution in [-0.4, -0.2) is 18.4 Å². The number of rotatable bonds is 0. The van der Waals surface area contributed by atoms with E-state index in [1.54, 1.807) is 0 Å². The Balaban J connectivity index is 3.14. The largest absolute Gasteiger partial charge is 0.325 e. The van der Waals surface area contributed by atoms with Crippen LogP contribution in [0.1, 0.15) is 0 Å². The third-order valence-corrected chi connectivity index (χ3v) is 1.36. The first-order valence-electron chi connectivity index (χ1n) is 1.26. The third-order valence-electron chi connectivity index (χ3n) is 0.151. The van der Waals surface area contributed by atoms with Gasteiger partial charge in [-0.15, -0.1) is 0 Å². The molecule has 0 aliphatic heterocycles. The molecule has 0 aromatic carbocycles. The molecule has 30 valence electrons. The number of nitrogens with zero attached hydrogens (tertiary/aromatic N) is 1. The smallest absolute Gasteiger partial charge is 0.212 e. The molecule has 0 unspecified atom stereocenters. The molecule has 0 aliphatic carbocycles. The average Bonchev–Trinajstić information content (AvgIpc) is 1.38. The Hall–Kier alpha value is 0.390. The third kappa shape index (κ3) is 4.39.